The molecular formula is C23H22F3N6O3+. The molecule has 9 nitrogen and oxygen atoms in total. The van der Waals surface area contributed by atoms with Crippen molar-refractivity contribution in [2.75, 3.05) is 17.2 Å². The second kappa shape index (κ2) is 9.58. The SMILES string of the molecule is Cc1noc(C)c1-c1ccc([C@@H](CN)[n+]2cc(NC(=O)Nc3cccc(C(F)(F)F)c3)on2)cc1. The third kappa shape index (κ3) is 5.32. The van der Waals surface area contributed by atoms with E-state index in [4.69, 9.17) is 14.8 Å². The number of urea groups is 1. The van der Waals surface area contributed by atoms with Crippen molar-refractivity contribution in [2.24, 2.45) is 5.73 Å². The maximum atomic E-state index is 12.9. The van der Waals surface area contributed by atoms with Crippen LogP contribution in [0.2, 0.25) is 0 Å². The van der Waals surface area contributed by atoms with Gasteiger partial charge in [-0.2, -0.15) is 13.2 Å². The zero-order chi connectivity index (χ0) is 25.2. The van der Waals surface area contributed by atoms with Crippen molar-refractivity contribution < 1.29 is 31.7 Å². The molecule has 1 atom stereocenters. The first-order valence-electron chi connectivity index (χ1n) is 10.5. The van der Waals surface area contributed by atoms with E-state index in [2.05, 4.69) is 21.1 Å². The highest BCUT2D eigenvalue weighted by Crippen LogP contribution is 2.31. The zero-order valence-electron chi connectivity index (χ0n) is 18.8. The average Bonchev–Trinajstić information content (AvgIpc) is 3.40. The molecule has 4 N–H and O–H groups in total. The second-order valence-electron chi connectivity index (χ2n) is 7.78. The molecule has 0 radical (unpaired) electrons. The lowest BCUT2D eigenvalue weighted by Gasteiger charge is -2.09. The van der Waals surface area contributed by atoms with E-state index in [1.807, 2.05) is 38.1 Å². The molecule has 0 aliphatic carbocycles. The Morgan fingerprint density at radius 2 is 1.86 bits per heavy atom. The fraction of sp³-hybridized carbons (Fsp3) is 0.217. The normalized spacial score (nSPS) is 12.4. The van der Waals surface area contributed by atoms with Crippen LogP contribution in [0.15, 0.2) is 63.8 Å². The van der Waals surface area contributed by atoms with E-state index in [1.165, 1.54) is 23.0 Å². The van der Waals surface area contributed by atoms with Crippen LogP contribution in [0.5, 0.6) is 0 Å². The number of carbonyl (C=O) groups is 1. The first kappa shape index (κ1) is 24.0. The Morgan fingerprint density at radius 1 is 1.11 bits per heavy atom. The maximum absolute atomic E-state index is 12.9. The summed E-state index contributed by atoms with van der Waals surface area (Å²) >= 11 is 0. The van der Waals surface area contributed by atoms with Crippen LogP contribution in [0.3, 0.4) is 0 Å². The van der Waals surface area contributed by atoms with Crippen LogP contribution >= 0.6 is 0 Å². The van der Waals surface area contributed by atoms with E-state index < -0.39 is 17.8 Å². The maximum Gasteiger partial charge on any atom is 0.416 e. The molecule has 4 aromatic rings. The van der Waals surface area contributed by atoms with Gasteiger partial charge in [0.05, 0.1) is 17.8 Å². The molecule has 0 aliphatic rings. The number of aryl methyl sites for hydroxylation is 2. The van der Waals surface area contributed by atoms with Crippen LogP contribution in [-0.2, 0) is 6.18 Å². The molecule has 35 heavy (non-hydrogen) atoms. The quantitative estimate of drug-likeness (QED) is 0.346. The van der Waals surface area contributed by atoms with Crippen molar-refractivity contribution >= 4 is 17.6 Å². The summed E-state index contributed by atoms with van der Waals surface area (Å²) in [6.07, 6.45) is -3.08. The molecule has 0 unspecified atom stereocenters. The minimum absolute atomic E-state index is 0.0136. The third-order valence-electron chi connectivity index (χ3n) is 5.33. The molecule has 2 heterocycles. The van der Waals surface area contributed by atoms with Crippen molar-refractivity contribution in [1.29, 1.82) is 0 Å². The number of hydrogen-bond donors (Lipinski definition) is 3. The van der Waals surface area contributed by atoms with Gasteiger partial charge in [0, 0.05) is 16.8 Å². The van der Waals surface area contributed by atoms with Crippen LogP contribution in [0.4, 0.5) is 29.5 Å². The summed E-state index contributed by atoms with van der Waals surface area (Å²) < 4.78 is 50.4. The predicted molar refractivity (Wildman–Crippen MR) is 119 cm³/mol. The summed E-state index contributed by atoms with van der Waals surface area (Å²) in [4.78, 5) is 12.2. The zero-order valence-corrected chi connectivity index (χ0v) is 18.8. The van der Waals surface area contributed by atoms with Gasteiger partial charge in [-0.1, -0.05) is 35.5 Å². The Labute approximate surface area is 197 Å². The number of hydrogen-bond acceptors (Lipinski definition) is 6. The number of nitrogens with zero attached hydrogens (tertiary/aromatic N) is 3. The van der Waals surface area contributed by atoms with Gasteiger partial charge in [0.2, 0.25) is 11.3 Å². The van der Waals surface area contributed by atoms with Gasteiger partial charge in [0.15, 0.2) is 0 Å². The smallest absolute Gasteiger partial charge is 0.361 e. The number of halogens is 3. The van der Waals surface area contributed by atoms with Gasteiger partial charge in [0.25, 0.3) is 6.20 Å². The van der Waals surface area contributed by atoms with Crippen molar-refractivity contribution in [1.82, 2.24) is 10.4 Å². The number of anilines is 2. The largest absolute Gasteiger partial charge is 0.416 e. The van der Waals surface area contributed by atoms with E-state index in [1.54, 1.807) is 0 Å². The number of benzene rings is 2. The summed E-state index contributed by atoms with van der Waals surface area (Å²) in [7, 11) is 0. The number of nitrogens with two attached hydrogens (primary N) is 1. The molecule has 12 heteroatoms. The van der Waals surface area contributed by atoms with Crippen molar-refractivity contribution in [3.63, 3.8) is 0 Å². The standard InChI is InChI=1S/C23H21F3N6O3/c1-13-21(14(2)34-30-13)16-8-6-15(7-9-16)19(11-27)32-12-20(35-31-32)29-22(33)28-18-5-3-4-17(10-18)23(24,25)26/h3-10,12,19H,11,27H2,1-2H3,(H-,28,29,31,33)/p+1/t19-/m1/s1. The van der Waals surface area contributed by atoms with Gasteiger partial charge in [0.1, 0.15) is 5.76 Å². The minimum Gasteiger partial charge on any atom is -0.361 e. The number of nitrogens with one attached hydrogen (secondary N) is 2. The van der Waals surface area contributed by atoms with Gasteiger partial charge in [-0.25, -0.2) is 4.79 Å². The highest BCUT2D eigenvalue weighted by atomic mass is 19.4. The van der Waals surface area contributed by atoms with Gasteiger partial charge in [-0.3, -0.25) is 9.84 Å². The van der Waals surface area contributed by atoms with E-state index in [-0.39, 0.29) is 24.2 Å². The molecule has 182 valence electrons. The first-order valence-corrected chi connectivity index (χ1v) is 10.5. The van der Waals surface area contributed by atoms with Crippen LogP contribution < -0.4 is 21.0 Å². The molecule has 0 saturated carbocycles. The lowest BCUT2D eigenvalue weighted by Crippen LogP contribution is -2.45. The number of alkyl halides is 3. The summed E-state index contributed by atoms with van der Waals surface area (Å²) in [6, 6.07) is 10.7. The highest BCUT2D eigenvalue weighted by Gasteiger charge is 2.30. The third-order valence-corrected chi connectivity index (χ3v) is 5.33. The van der Waals surface area contributed by atoms with E-state index >= 15 is 0 Å². The fourth-order valence-corrected chi connectivity index (χ4v) is 3.67. The van der Waals surface area contributed by atoms with E-state index in [0.717, 1.165) is 40.3 Å². The summed E-state index contributed by atoms with van der Waals surface area (Å²) in [5, 5.41) is 12.6. The number of aromatic nitrogens is 3. The topological polar surface area (TPSA) is 123 Å². The fourth-order valence-electron chi connectivity index (χ4n) is 3.67. The number of amides is 2. The Balaban J connectivity index is 1.45. The molecule has 0 saturated heterocycles. The lowest BCUT2D eigenvalue weighted by molar-refractivity contribution is -0.775. The summed E-state index contributed by atoms with van der Waals surface area (Å²) in [6.45, 7) is 3.90. The van der Waals surface area contributed by atoms with Crippen LogP contribution in [-0.4, -0.2) is 23.0 Å². The molecule has 0 spiro atoms. The molecule has 0 aliphatic heterocycles. The van der Waals surface area contributed by atoms with Crippen molar-refractivity contribution in [3.05, 3.63) is 77.3 Å². The molecular weight excluding hydrogens is 465 g/mol. The van der Waals surface area contributed by atoms with Gasteiger partial charge < -0.3 is 15.6 Å². The molecule has 0 bridgehead atoms. The molecule has 2 aromatic heterocycles. The Bertz CT molecular complexity index is 1310. The van der Waals surface area contributed by atoms with E-state index in [9.17, 15) is 18.0 Å². The predicted octanol–water partition coefficient (Wildman–Crippen LogP) is 4.44. The summed E-state index contributed by atoms with van der Waals surface area (Å²) in [5.41, 5.74) is 8.56. The van der Waals surface area contributed by atoms with E-state index in [0.29, 0.717) is 0 Å². The van der Waals surface area contributed by atoms with Crippen LogP contribution in [0.1, 0.15) is 28.6 Å². The van der Waals surface area contributed by atoms with Gasteiger partial charge in [-0.15, -0.1) is 0 Å². The molecule has 2 amide bonds. The summed E-state index contributed by atoms with van der Waals surface area (Å²) in [5.74, 6) is 0.705. The Hall–Kier alpha value is -4.19. The van der Waals surface area contributed by atoms with Gasteiger partial charge >= 0.3 is 18.1 Å². The van der Waals surface area contributed by atoms with Crippen molar-refractivity contribution in [3.8, 4) is 11.1 Å². The Morgan fingerprint density at radius 3 is 2.49 bits per heavy atom. The van der Waals surface area contributed by atoms with Crippen LogP contribution in [0, 0.1) is 13.8 Å². The second-order valence-corrected chi connectivity index (χ2v) is 7.78. The minimum atomic E-state index is -4.52. The average molecular weight is 487 g/mol. The molecule has 4 rings (SSSR count). The number of carbonyl (C=O) groups excluding carboxylic acids is 1. The van der Waals surface area contributed by atoms with Crippen LogP contribution in [0.25, 0.3) is 11.1 Å². The van der Waals surface area contributed by atoms with Crippen molar-refractivity contribution in [2.45, 2.75) is 26.1 Å². The molecule has 2 aromatic carbocycles. The van der Waals surface area contributed by atoms with Gasteiger partial charge in [-0.05, 0) is 42.3 Å². The highest BCUT2D eigenvalue weighted by molar-refractivity contribution is 5.98. The first-order chi connectivity index (χ1) is 16.7. The Kier molecular flexibility index (Phi) is 6.56. The molecule has 0 fully saturated rings. The lowest BCUT2D eigenvalue weighted by atomic mass is 10.00. The monoisotopic (exact) mass is 487 g/mol. The number of rotatable bonds is 6.